The quantitative estimate of drug-likeness (QED) is 0.0464. The number of nitrogens with one attached hydrogen (secondary N) is 1. The Morgan fingerprint density at radius 2 is 1.09 bits per heavy atom. The molecule has 0 saturated heterocycles. The summed E-state index contributed by atoms with van der Waals surface area (Å²) in [4.78, 5) is 51.4. The van der Waals surface area contributed by atoms with Crippen molar-refractivity contribution in [1.29, 1.82) is 0 Å². The van der Waals surface area contributed by atoms with Crippen LogP contribution >= 0.6 is 0 Å². The van der Waals surface area contributed by atoms with Gasteiger partial charge in [0.25, 0.3) is 0 Å². The molecule has 8 aliphatic rings. The number of rotatable bonds is 21. The Kier molecular flexibility index (Phi) is 17.8. The number of unbranched alkanes of at least 4 members (excludes halogenated alkanes) is 1. The van der Waals surface area contributed by atoms with E-state index in [9.17, 15) is 24.3 Å². The van der Waals surface area contributed by atoms with E-state index >= 15 is 0 Å². The minimum absolute atomic E-state index is 0.00848. The van der Waals surface area contributed by atoms with Gasteiger partial charge in [0, 0.05) is 52.3 Å². The average molecular weight is 1230 g/mol. The minimum atomic E-state index is -0.677. The second-order valence-corrected chi connectivity index (χ2v) is 31.7. The molecule has 488 valence electrons. The lowest BCUT2D eigenvalue weighted by Crippen LogP contribution is -2.54. The lowest BCUT2D eigenvalue weighted by atomic mass is 9.44. The van der Waals surface area contributed by atoms with Crippen molar-refractivity contribution in [3.05, 3.63) is 48.8 Å². The number of carbonyl (C=O) groups excluding carboxylic acids is 3. The molecule has 16 heteroatoms. The third-order valence-corrected chi connectivity index (χ3v) is 27.3. The van der Waals surface area contributed by atoms with Crippen molar-refractivity contribution in [2.24, 2.45) is 92.7 Å². The Labute approximate surface area is 534 Å². The van der Waals surface area contributed by atoms with Crippen molar-refractivity contribution in [1.82, 2.24) is 39.9 Å². The van der Waals surface area contributed by atoms with Gasteiger partial charge in [-0.3, -0.25) is 19.2 Å². The Balaban J connectivity index is 0.596. The molecule has 3 heterocycles. The van der Waals surface area contributed by atoms with E-state index in [4.69, 9.17) is 9.47 Å². The van der Waals surface area contributed by atoms with Crippen molar-refractivity contribution < 1.29 is 39.5 Å². The summed E-state index contributed by atoms with van der Waals surface area (Å²) in [7, 11) is 0. The molecule has 3 aromatic heterocycles. The van der Waals surface area contributed by atoms with Gasteiger partial charge in [-0.2, -0.15) is 0 Å². The number of hydrogen-bond acceptors (Lipinski definition) is 10. The number of esters is 2. The largest absolute Gasteiger partial charge is 0.481 e. The number of carbonyl (C=O) groups is 4. The van der Waals surface area contributed by atoms with Gasteiger partial charge >= 0.3 is 17.9 Å². The van der Waals surface area contributed by atoms with Gasteiger partial charge in [0.05, 0.1) is 25.5 Å². The first-order valence-electron chi connectivity index (χ1n) is 35.8. The first-order valence-corrected chi connectivity index (χ1v) is 35.8. The molecule has 90 heavy (non-hydrogen) atoms. The fourth-order valence-corrected chi connectivity index (χ4v) is 22.7. The van der Waals surface area contributed by atoms with Crippen molar-refractivity contribution in [2.45, 2.75) is 234 Å². The second kappa shape index (κ2) is 25.3. The van der Waals surface area contributed by atoms with Crippen LogP contribution in [0.25, 0.3) is 44.3 Å². The molecule has 18 atom stereocenters. The first-order chi connectivity index (χ1) is 43.3. The number of quaternary nitrogens is 1. The third-order valence-electron chi connectivity index (χ3n) is 27.3. The highest BCUT2D eigenvalue weighted by atomic mass is 16.5. The summed E-state index contributed by atoms with van der Waals surface area (Å²) in [5.74, 6) is 6.93. The van der Waals surface area contributed by atoms with Crippen LogP contribution in [0.2, 0.25) is 0 Å². The van der Waals surface area contributed by atoms with E-state index in [0.29, 0.717) is 83.2 Å². The van der Waals surface area contributed by atoms with E-state index in [-0.39, 0.29) is 60.4 Å². The number of aromatic nitrogens is 7. The van der Waals surface area contributed by atoms with Gasteiger partial charge in [-0.15, -0.1) is 10.2 Å². The molecule has 0 aliphatic heterocycles. The van der Waals surface area contributed by atoms with Gasteiger partial charge in [-0.1, -0.05) is 89.6 Å². The number of carboxylic acid groups (broad SMARTS) is 1. The highest BCUT2D eigenvalue weighted by molar-refractivity contribution is 6.10. The van der Waals surface area contributed by atoms with E-state index in [1.165, 1.54) is 77.0 Å². The van der Waals surface area contributed by atoms with Crippen molar-refractivity contribution in [3.63, 3.8) is 0 Å². The van der Waals surface area contributed by atoms with Gasteiger partial charge < -0.3 is 30.2 Å². The van der Waals surface area contributed by atoms with Gasteiger partial charge in [0.15, 0.2) is 0 Å². The molecule has 8 fully saturated rings. The number of nitrogens with zero attached hydrogens (tertiary/aromatic N) is 7. The molecule has 8 aliphatic carbocycles. The van der Waals surface area contributed by atoms with E-state index in [2.05, 4.69) is 121 Å². The maximum Gasteiger partial charge on any atom is 0.328 e. The molecule has 2 aromatic carbocycles. The normalized spacial score (nSPS) is 35.1. The zero-order valence-corrected chi connectivity index (χ0v) is 55.4. The van der Waals surface area contributed by atoms with Gasteiger partial charge in [0.1, 0.15) is 36.7 Å². The van der Waals surface area contributed by atoms with Crippen LogP contribution in [0.3, 0.4) is 0 Å². The van der Waals surface area contributed by atoms with Crippen molar-refractivity contribution in [3.8, 4) is 22.5 Å². The number of aliphatic carboxylic acids is 1. The molecule has 1 amide bonds. The number of benzene rings is 2. The molecular formula is C74H106N9O7+. The lowest BCUT2D eigenvalue weighted by Gasteiger charge is -2.61. The van der Waals surface area contributed by atoms with Crippen LogP contribution in [0, 0.1) is 92.7 Å². The molecule has 0 bridgehead atoms. The fourth-order valence-electron chi connectivity index (χ4n) is 22.7. The molecule has 5 aromatic rings. The molecule has 14 unspecified atom stereocenters. The molecule has 5 N–H and O–H groups in total. The summed E-state index contributed by atoms with van der Waals surface area (Å²) in [6.45, 7) is 19.4. The smallest absolute Gasteiger partial charge is 0.328 e. The van der Waals surface area contributed by atoms with Crippen LogP contribution < -0.4 is 11.1 Å². The van der Waals surface area contributed by atoms with E-state index in [0.717, 1.165) is 133 Å². The molecular weight excluding hydrogens is 1130 g/mol. The van der Waals surface area contributed by atoms with Gasteiger partial charge in [-0.05, 0) is 240 Å². The Morgan fingerprint density at radius 1 is 0.622 bits per heavy atom. The summed E-state index contributed by atoms with van der Waals surface area (Å²) >= 11 is 0. The standard InChI is InChI=1S/C74H105N9O7/c1-8-9-35-76-67(84)24-10-45(2)57-20-22-59-55-18-14-49-39-51(26-30-71(49,4)61(55)28-32-73(57,59)6)89-69(87)43-81-41-63(77-79-81)47-12-16-53-54-17-13-48(38-66(54)83(36-34-75)65(53)37-47)64-42-82(80-78-64)44-70(88)90-52-27-31-72(5)50(40-52)15-19-56-60-23-21-58(46(3)11-25-68(85)86)74(60,7)33-29-62(56)72/h12-13,16-17,37-38,41-42,45-46,49-52,55-62H,8-11,14-15,18-36,39-40,43-44,75H2,1-7H3,(H,76,84)(H,85,86)/p+1/t45-,46-,49?,50-,51?,52-,55?,56?,57?,58?,59?,60?,61?,62?,71?,72?,73?,74?/m1/s1. The maximum absolute atomic E-state index is 13.7. The SMILES string of the molecule is CCCCNC(=O)CC[C@@H](C)C1CCC2C3CCC4CC(OC(=O)Cn5cc(-c6ccc7c8ccc(-c9cn(CC(=O)O[C@@H]%10CCC%11(C)C%12CCC%13(C)C(CCC%13[C@H](C)CCC(=O)O)C%12CC[C@@H]%11C%10)nn9)cc8n(CC[NH3+])c7c6)nn5)CCC4(C)C3CCC21C. The number of hydrogen-bond donors (Lipinski definition) is 3. The summed E-state index contributed by atoms with van der Waals surface area (Å²) in [6, 6.07) is 12.8. The molecule has 0 radical (unpaired) electrons. The predicted molar refractivity (Wildman–Crippen MR) is 348 cm³/mol. The summed E-state index contributed by atoms with van der Waals surface area (Å²) < 4.78 is 18.1. The average Bonchev–Trinajstić information content (AvgIpc) is 1.30. The van der Waals surface area contributed by atoms with Crippen LogP contribution in [-0.4, -0.2) is 88.8 Å². The van der Waals surface area contributed by atoms with Crippen molar-refractivity contribution >= 4 is 45.6 Å². The predicted octanol–water partition coefficient (Wildman–Crippen LogP) is 13.5. The van der Waals surface area contributed by atoms with Crippen LogP contribution in [0.5, 0.6) is 0 Å². The first kappa shape index (κ1) is 63.1. The number of amides is 1. The molecule has 13 rings (SSSR count). The maximum atomic E-state index is 13.7. The Bertz CT molecular complexity index is 3440. The van der Waals surface area contributed by atoms with Crippen LogP contribution in [0.4, 0.5) is 0 Å². The van der Waals surface area contributed by atoms with Crippen LogP contribution in [0.1, 0.15) is 203 Å². The number of carboxylic acids is 1. The van der Waals surface area contributed by atoms with Crippen LogP contribution in [-0.2, 0) is 48.3 Å². The zero-order valence-electron chi connectivity index (χ0n) is 55.4. The highest BCUT2D eigenvalue weighted by Gasteiger charge is 2.63. The Morgan fingerprint density at radius 3 is 1.56 bits per heavy atom. The summed E-state index contributed by atoms with van der Waals surface area (Å²) in [6.07, 6.45) is 29.5. The van der Waals surface area contributed by atoms with Crippen molar-refractivity contribution in [2.75, 3.05) is 13.1 Å². The Hall–Kier alpha value is -5.64. The van der Waals surface area contributed by atoms with Gasteiger partial charge in [0.2, 0.25) is 5.91 Å². The lowest BCUT2D eigenvalue weighted by molar-refractivity contribution is -0.369. The van der Waals surface area contributed by atoms with Gasteiger partial charge in [-0.25, -0.2) is 9.36 Å². The number of fused-ring (bicyclic) bond motifs is 13. The number of ether oxygens (including phenoxy) is 2. The second-order valence-electron chi connectivity index (χ2n) is 31.7. The fraction of sp³-hybridized carbons (Fsp3) is 0.730. The minimum Gasteiger partial charge on any atom is -0.481 e. The molecule has 8 saturated carbocycles. The highest BCUT2D eigenvalue weighted by Crippen LogP contribution is 2.70. The van der Waals surface area contributed by atoms with E-state index in [1.54, 1.807) is 9.36 Å². The van der Waals surface area contributed by atoms with E-state index in [1.807, 2.05) is 12.4 Å². The van der Waals surface area contributed by atoms with E-state index < -0.39 is 5.97 Å². The topological polar surface area (TPSA) is 213 Å². The summed E-state index contributed by atoms with van der Waals surface area (Å²) in [5.41, 5.74) is 10.8. The van der Waals surface area contributed by atoms with Crippen LogP contribution in [0.15, 0.2) is 48.8 Å². The zero-order chi connectivity index (χ0) is 62.9. The third kappa shape index (κ3) is 11.6. The monoisotopic (exact) mass is 1230 g/mol. The molecule has 0 spiro atoms. The molecule has 16 nitrogen and oxygen atoms in total. The summed E-state index contributed by atoms with van der Waals surface area (Å²) in [5, 5.41) is 32.7.